The zero-order chi connectivity index (χ0) is 7.00. The fourth-order valence-electron chi connectivity index (χ4n) is 0. The van der Waals surface area contributed by atoms with Gasteiger partial charge in [-0.3, -0.25) is 0 Å². The Kier molecular flexibility index (Phi) is 1.90. The highest BCUT2D eigenvalue weighted by molar-refractivity contribution is 6.44. The minimum Gasteiger partial charge on any atom is -0.0891 e. The molecule has 0 saturated heterocycles. The summed E-state index contributed by atoms with van der Waals surface area (Å²) in [6, 6.07) is 0. The molecule has 0 N–H and O–H groups in total. The van der Waals surface area contributed by atoms with E-state index in [0.717, 1.165) is 0 Å². The summed E-state index contributed by atoms with van der Waals surface area (Å²) in [6.07, 6.45) is 0. The van der Waals surface area contributed by atoms with Gasteiger partial charge in [-0.25, -0.2) is 0 Å². The number of rotatable bonds is 1. The van der Waals surface area contributed by atoms with Gasteiger partial charge >= 0.3 is 0 Å². The average Bonchev–Trinajstić information content (AvgIpc) is 1.25. The third kappa shape index (κ3) is 1.98. The summed E-state index contributed by atoms with van der Waals surface area (Å²) in [4.78, 5) is 0. The Morgan fingerprint density at radius 3 is 1.00 bits per heavy atom. The van der Waals surface area contributed by atoms with Crippen LogP contribution in [0.25, 0.3) is 0 Å². The maximum atomic E-state index is 2.27. The van der Waals surface area contributed by atoms with E-state index < -0.39 is 0 Å². The molecule has 0 aliphatic carbocycles. The summed E-state index contributed by atoms with van der Waals surface area (Å²) in [7, 11) is 6.81. The number of hydrogen-bond donors (Lipinski definition) is 0. The maximum Gasteiger partial charge on any atom is 0.107 e. The smallest absolute Gasteiger partial charge is 0.0891 e. The predicted octanol–water partition coefficient (Wildman–Crippen LogP) is -0.780. The topological polar surface area (TPSA) is 0 Å². The first kappa shape index (κ1) is 8.19. The van der Waals surface area contributed by atoms with Crippen molar-refractivity contribution in [3.8, 4) is 0 Å². The van der Waals surface area contributed by atoms with E-state index in [1.165, 1.54) is 0 Å². The zero-order valence-electron chi connectivity index (χ0n) is 7.00. The molecule has 0 aromatic heterocycles. The van der Waals surface area contributed by atoms with Crippen LogP contribution in [0.2, 0.25) is 10.5 Å². The Balaban J connectivity index is 4.02. The van der Waals surface area contributed by atoms with Gasteiger partial charge in [0.05, 0.1) is 15.7 Å². The lowest BCUT2D eigenvalue weighted by atomic mass is 9.38. The second-order valence-electron chi connectivity index (χ2n) is 4.50. The molecule has 0 aliphatic heterocycles. The molecule has 0 fully saturated rings. The molecule has 0 unspecified atom stereocenters. The van der Waals surface area contributed by atoms with E-state index in [0.29, 0.717) is 10.5 Å². The maximum absolute atomic E-state index is 2.27. The van der Waals surface area contributed by atoms with Crippen LogP contribution in [0.1, 0.15) is 20.8 Å². The summed E-state index contributed by atoms with van der Waals surface area (Å²) in [6.45, 7) is 6.81. The van der Waals surface area contributed by atoms with Gasteiger partial charge in [-0.1, -0.05) is 31.3 Å². The molecule has 0 rings (SSSR count). The van der Waals surface area contributed by atoms with Crippen LogP contribution in [-0.2, 0) is 0 Å². The Morgan fingerprint density at radius 2 is 1.00 bits per heavy atom. The molecule has 0 aliphatic rings. The van der Waals surface area contributed by atoms with E-state index in [2.05, 4.69) is 44.3 Å². The van der Waals surface area contributed by atoms with E-state index in [9.17, 15) is 0 Å². The van der Waals surface area contributed by atoms with Crippen molar-refractivity contribution in [2.75, 3.05) is 0 Å². The summed E-state index contributed by atoms with van der Waals surface area (Å²) < 4.78 is 0. The molecular formula is C5H15B3. The molecule has 0 aromatic carbocycles. The van der Waals surface area contributed by atoms with Crippen LogP contribution < -0.4 is 0 Å². The van der Waals surface area contributed by atoms with Crippen molar-refractivity contribution in [3.05, 3.63) is 0 Å². The fourth-order valence-corrected chi connectivity index (χ4v) is 0. The summed E-state index contributed by atoms with van der Waals surface area (Å²) in [5, 5.41) is 0.875. The van der Waals surface area contributed by atoms with Crippen LogP contribution in [0.5, 0.6) is 0 Å². The largest absolute Gasteiger partial charge is 0.107 e. The first-order valence-electron chi connectivity index (χ1n) is 3.25. The molecule has 0 saturated carbocycles. The Morgan fingerprint density at radius 1 is 0.875 bits per heavy atom. The van der Waals surface area contributed by atoms with Gasteiger partial charge in [0, 0.05) is 0 Å². The van der Waals surface area contributed by atoms with Crippen LogP contribution in [0.15, 0.2) is 0 Å². The molecule has 0 spiro atoms. The Hall–Kier alpha value is 0.195. The third-order valence-electron chi connectivity index (χ3n) is 2.25. The van der Waals surface area contributed by atoms with Gasteiger partial charge in [-0.05, 0) is 0 Å². The highest BCUT2D eigenvalue weighted by Gasteiger charge is 2.26. The second-order valence-corrected chi connectivity index (χ2v) is 4.50. The van der Waals surface area contributed by atoms with Crippen molar-refractivity contribution in [1.29, 1.82) is 0 Å². The van der Waals surface area contributed by atoms with Crippen LogP contribution >= 0.6 is 0 Å². The van der Waals surface area contributed by atoms with Crippen molar-refractivity contribution in [2.45, 2.75) is 31.3 Å². The van der Waals surface area contributed by atoms with Crippen molar-refractivity contribution in [2.24, 2.45) is 0 Å². The quantitative estimate of drug-likeness (QED) is 0.386. The molecule has 0 amide bonds. The predicted molar refractivity (Wildman–Crippen MR) is 48.0 cm³/mol. The normalized spacial score (nSPS) is 13.9. The van der Waals surface area contributed by atoms with E-state index in [1.807, 2.05) is 0 Å². The van der Waals surface area contributed by atoms with E-state index in [1.54, 1.807) is 0 Å². The molecule has 3 heteroatoms. The Bertz CT molecular complexity index is 62.7. The van der Waals surface area contributed by atoms with E-state index >= 15 is 0 Å². The van der Waals surface area contributed by atoms with Gasteiger partial charge in [-0.15, -0.1) is 0 Å². The molecule has 0 bridgehead atoms. The van der Waals surface area contributed by atoms with Gasteiger partial charge in [0.1, 0.15) is 7.85 Å². The summed E-state index contributed by atoms with van der Waals surface area (Å²) >= 11 is 0. The van der Waals surface area contributed by atoms with Crippen LogP contribution in [0.4, 0.5) is 0 Å². The van der Waals surface area contributed by atoms with Crippen molar-refractivity contribution < 1.29 is 0 Å². The lowest BCUT2D eigenvalue weighted by Gasteiger charge is -2.35. The van der Waals surface area contributed by atoms with Gasteiger partial charge < -0.3 is 0 Å². The van der Waals surface area contributed by atoms with Crippen LogP contribution in [0.3, 0.4) is 0 Å². The SMILES string of the molecule is BC(B)(C)C(B)(C)C. The molecular weight excluding hydrogens is 92.5 g/mol. The molecule has 0 heterocycles. The molecule has 0 nitrogen and oxygen atoms in total. The van der Waals surface area contributed by atoms with Gasteiger partial charge in [-0.2, -0.15) is 0 Å². The lowest BCUT2D eigenvalue weighted by Crippen LogP contribution is -2.23. The van der Waals surface area contributed by atoms with Gasteiger partial charge in [0.15, 0.2) is 0 Å². The van der Waals surface area contributed by atoms with E-state index in [-0.39, 0.29) is 0 Å². The zero-order valence-corrected chi connectivity index (χ0v) is 7.00. The highest BCUT2D eigenvalue weighted by Crippen LogP contribution is 2.42. The first-order valence-corrected chi connectivity index (χ1v) is 3.25. The summed E-state index contributed by atoms with van der Waals surface area (Å²) in [5.41, 5.74) is 0. The molecule has 44 valence electrons. The minimum atomic E-state index is 0.437. The fraction of sp³-hybridized carbons (Fsp3) is 1.00. The second kappa shape index (κ2) is 1.86. The standard InChI is InChI=1S/C5H15B3/c1-4(2,6)5(3,7)8/h6-8H2,1-3H3. The first-order chi connectivity index (χ1) is 3.25. The third-order valence-corrected chi connectivity index (χ3v) is 2.25. The Labute approximate surface area is 55.7 Å². The van der Waals surface area contributed by atoms with Crippen molar-refractivity contribution in [1.82, 2.24) is 0 Å². The van der Waals surface area contributed by atoms with Gasteiger partial charge in [0.25, 0.3) is 0 Å². The van der Waals surface area contributed by atoms with Crippen LogP contribution in [-0.4, -0.2) is 23.5 Å². The highest BCUT2D eigenvalue weighted by atomic mass is 14.2. The molecule has 0 radical (unpaired) electrons. The minimum absolute atomic E-state index is 0.437. The molecule has 0 atom stereocenters. The summed E-state index contributed by atoms with van der Waals surface area (Å²) in [5.74, 6) is 0. The molecule has 8 heavy (non-hydrogen) atoms. The molecule has 0 aromatic rings. The van der Waals surface area contributed by atoms with Gasteiger partial charge in [0.2, 0.25) is 0 Å². The monoisotopic (exact) mass is 108 g/mol. The number of hydrogen-bond acceptors (Lipinski definition) is 0. The van der Waals surface area contributed by atoms with Crippen molar-refractivity contribution >= 4 is 23.5 Å². The lowest BCUT2D eigenvalue weighted by molar-refractivity contribution is 0.601. The van der Waals surface area contributed by atoms with Crippen molar-refractivity contribution in [3.63, 3.8) is 0 Å². The van der Waals surface area contributed by atoms with Crippen LogP contribution in [0, 0.1) is 0 Å². The van der Waals surface area contributed by atoms with E-state index in [4.69, 9.17) is 0 Å². The average molecular weight is 108 g/mol.